The van der Waals surface area contributed by atoms with Crippen LogP contribution < -0.4 is 5.32 Å². The Morgan fingerprint density at radius 3 is 2.47 bits per heavy atom. The van der Waals surface area contributed by atoms with Crippen molar-refractivity contribution in [3.8, 4) is 0 Å². The zero-order valence-electron chi connectivity index (χ0n) is 19.6. The van der Waals surface area contributed by atoms with Gasteiger partial charge in [0, 0.05) is 11.1 Å². The first-order chi connectivity index (χ1) is 17.1. The highest BCUT2D eigenvalue weighted by atomic mass is 31.2. The van der Waals surface area contributed by atoms with Gasteiger partial charge in [0.25, 0.3) is 0 Å². The molecule has 0 bridgehead atoms. The number of carbonyl (C=O) groups excluding carboxylic acids is 3. The molecule has 1 heterocycles. The summed E-state index contributed by atoms with van der Waals surface area (Å²) in [6.45, 7) is 1.68. The van der Waals surface area contributed by atoms with Crippen LogP contribution in [0.2, 0.25) is 0 Å². The smallest absolute Gasteiger partial charge is 0.453 e. The Bertz CT molecular complexity index is 1290. The number of hydrogen-bond donors (Lipinski definition) is 2. The van der Waals surface area contributed by atoms with Crippen LogP contribution in [0, 0.1) is 0 Å². The van der Waals surface area contributed by atoms with E-state index in [1.165, 1.54) is 10.6 Å². The van der Waals surface area contributed by atoms with Crippen LogP contribution in [0.4, 0.5) is 15.5 Å². The molecule has 192 valence electrons. The number of phosphoric ester groups is 1. The number of benzene rings is 2. The van der Waals surface area contributed by atoms with E-state index in [2.05, 4.69) is 24.3 Å². The maximum absolute atomic E-state index is 12.8. The third-order valence-corrected chi connectivity index (χ3v) is 5.39. The lowest BCUT2D eigenvalue weighted by molar-refractivity contribution is -0.0218. The van der Waals surface area contributed by atoms with Crippen LogP contribution in [-0.4, -0.2) is 52.5 Å². The molecule has 3 rings (SSSR count). The first kappa shape index (κ1) is 26.8. The Balaban J connectivity index is 1.79. The van der Waals surface area contributed by atoms with Crippen molar-refractivity contribution in [2.75, 3.05) is 19.2 Å². The van der Waals surface area contributed by atoms with Crippen LogP contribution in [-0.2, 0) is 34.6 Å². The summed E-state index contributed by atoms with van der Waals surface area (Å²) in [6.07, 6.45) is -2.39. The van der Waals surface area contributed by atoms with Gasteiger partial charge in [-0.05, 0) is 32.0 Å². The van der Waals surface area contributed by atoms with Gasteiger partial charge in [0.05, 0.1) is 24.2 Å². The molecule has 1 unspecified atom stereocenters. The van der Waals surface area contributed by atoms with Gasteiger partial charge in [-0.3, -0.25) is 19.2 Å². The highest BCUT2D eigenvalue weighted by molar-refractivity contribution is 7.47. The second-order valence-corrected chi connectivity index (χ2v) is 8.87. The normalized spacial score (nSPS) is 12.7. The van der Waals surface area contributed by atoms with Crippen LogP contribution in [0.1, 0.15) is 29.8 Å². The van der Waals surface area contributed by atoms with E-state index in [4.69, 9.17) is 9.26 Å². The molecule has 1 atom stereocenters. The molecule has 0 fully saturated rings. The Labute approximate surface area is 205 Å². The number of carbonyl (C=O) groups is 3. The molecule has 2 aromatic carbocycles. The number of methoxy groups -OCH3 is 1. The van der Waals surface area contributed by atoms with Gasteiger partial charge in [0.15, 0.2) is 5.78 Å². The van der Waals surface area contributed by atoms with Crippen LogP contribution in [0.3, 0.4) is 0 Å². The molecule has 14 heteroatoms. The highest BCUT2D eigenvalue weighted by Gasteiger charge is 2.25. The lowest BCUT2D eigenvalue weighted by atomic mass is 10.0. The molecule has 0 aliphatic carbocycles. The number of ether oxygens (including phenoxy) is 3. The molecular formula is C22H24N3O10P. The molecule has 0 radical (unpaired) electrons. The van der Waals surface area contributed by atoms with Gasteiger partial charge < -0.3 is 19.1 Å². The van der Waals surface area contributed by atoms with E-state index < -0.39 is 39.7 Å². The molecule has 13 nitrogen and oxygen atoms in total. The fraction of sp³-hybridized carbons (Fsp3) is 0.273. The lowest BCUT2D eigenvalue weighted by Gasteiger charge is -2.15. The highest BCUT2D eigenvalue weighted by Crippen LogP contribution is 2.44. The van der Waals surface area contributed by atoms with Crippen molar-refractivity contribution < 1.29 is 47.1 Å². The number of aromatic nitrogens is 2. The van der Waals surface area contributed by atoms with Crippen LogP contribution in [0.5, 0.6) is 0 Å². The number of hydrogen-bond acceptors (Lipinski definition) is 10. The van der Waals surface area contributed by atoms with Gasteiger partial charge in [-0.15, -0.1) is 0 Å². The zero-order chi connectivity index (χ0) is 26.3. The van der Waals surface area contributed by atoms with Crippen molar-refractivity contribution in [3.05, 3.63) is 59.7 Å². The summed E-state index contributed by atoms with van der Waals surface area (Å²) in [7, 11) is -3.56. The van der Waals surface area contributed by atoms with Crippen molar-refractivity contribution in [2.24, 2.45) is 0 Å². The van der Waals surface area contributed by atoms with E-state index in [-0.39, 0.29) is 11.7 Å². The quantitative estimate of drug-likeness (QED) is 0.171. The van der Waals surface area contributed by atoms with Gasteiger partial charge in [-0.2, -0.15) is 0 Å². The lowest BCUT2D eigenvalue weighted by Crippen LogP contribution is -2.16. The minimum Gasteiger partial charge on any atom is -0.453 e. The fourth-order valence-electron chi connectivity index (χ4n) is 2.93. The number of amides is 1. The maximum Gasteiger partial charge on any atom is 0.510 e. The van der Waals surface area contributed by atoms with E-state index in [1.54, 1.807) is 56.3 Å². The van der Waals surface area contributed by atoms with E-state index in [0.717, 1.165) is 7.11 Å². The SMILES string of the molecule is COC(=O)Nc1nc2cc(C(=O)c3ccccc3)ccc2n1COP(=O)(O)OCOC(=O)OC(C)C. The van der Waals surface area contributed by atoms with Crippen LogP contribution in [0.15, 0.2) is 48.5 Å². The molecule has 0 saturated carbocycles. The van der Waals surface area contributed by atoms with Gasteiger partial charge >= 0.3 is 20.1 Å². The van der Waals surface area contributed by atoms with Crippen molar-refractivity contribution in [3.63, 3.8) is 0 Å². The van der Waals surface area contributed by atoms with Gasteiger partial charge in [-0.25, -0.2) is 23.7 Å². The standard InChI is InChI=1S/C22H24N3O10P/c1-14(2)35-22(28)32-13-34-36(29,30)33-12-25-18-10-9-16(19(26)15-7-5-4-6-8-15)11-17(18)23-20(25)24-21(27)31-3/h4-11,14H,12-13H2,1-3H3,(H,29,30)(H,23,24,27). The van der Waals surface area contributed by atoms with E-state index in [0.29, 0.717) is 22.2 Å². The fourth-order valence-corrected chi connectivity index (χ4v) is 3.45. The minimum atomic E-state index is -4.71. The molecule has 0 saturated heterocycles. The average molecular weight is 521 g/mol. The molecule has 3 aromatic rings. The maximum atomic E-state index is 12.8. The summed E-state index contributed by atoms with van der Waals surface area (Å²) in [5.41, 5.74) is 1.47. The summed E-state index contributed by atoms with van der Waals surface area (Å²) in [6, 6.07) is 13.2. The average Bonchev–Trinajstić information content (AvgIpc) is 3.18. The summed E-state index contributed by atoms with van der Waals surface area (Å²) >= 11 is 0. The molecule has 2 N–H and O–H groups in total. The number of nitrogens with zero attached hydrogens (tertiary/aromatic N) is 2. The number of nitrogens with one attached hydrogen (secondary N) is 1. The summed E-state index contributed by atoms with van der Waals surface area (Å²) in [5.74, 6) is -0.326. The van der Waals surface area contributed by atoms with Gasteiger partial charge in [0.2, 0.25) is 12.7 Å². The third-order valence-electron chi connectivity index (χ3n) is 4.52. The number of rotatable bonds is 10. The first-order valence-electron chi connectivity index (χ1n) is 10.5. The molecule has 36 heavy (non-hydrogen) atoms. The zero-order valence-corrected chi connectivity index (χ0v) is 20.5. The number of imidazole rings is 1. The second-order valence-electron chi connectivity index (χ2n) is 7.41. The molecule has 1 aromatic heterocycles. The summed E-state index contributed by atoms with van der Waals surface area (Å²) in [4.78, 5) is 50.1. The molecule has 0 spiro atoms. The predicted octanol–water partition coefficient (Wildman–Crippen LogP) is 4.06. The Morgan fingerprint density at radius 2 is 1.81 bits per heavy atom. The summed E-state index contributed by atoms with van der Waals surface area (Å²) < 4.78 is 36.9. The third kappa shape index (κ3) is 7.12. The molecule has 0 aliphatic rings. The number of ketones is 1. The number of phosphoric acid groups is 1. The van der Waals surface area contributed by atoms with Gasteiger partial charge in [-0.1, -0.05) is 30.3 Å². The van der Waals surface area contributed by atoms with Crippen LogP contribution in [0.25, 0.3) is 11.0 Å². The predicted molar refractivity (Wildman–Crippen MR) is 125 cm³/mol. The topological polar surface area (TPSA) is 165 Å². The van der Waals surface area contributed by atoms with Crippen LogP contribution >= 0.6 is 7.82 Å². The first-order valence-corrected chi connectivity index (χ1v) is 12.0. The minimum absolute atomic E-state index is 0.0853. The van der Waals surface area contributed by atoms with E-state index >= 15 is 0 Å². The van der Waals surface area contributed by atoms with Gasteiger partial charge in [0.1, 0.15) is 6.73 Å². The number of fused-ring (bicyclic) bond motifs is 1. The Hall–Kier alpha value is -3.77. The van der Waals surface area contributed by atoms with Crippen molar-refractivity contribution in [1.82, 2.24) is 9.55 Å². The summed E-state index contributed by atoms with van der Waals surface area (Å²) in [5, 5.41) is 2.37. The largest absolute Gasteiger partial charge is 0.510 e. The second kappa shape index (κ2) is 11.8. The van der Waals surface area contributed by atoms with Crippen molar-refractivity contribution in [2.45, 2.75) is 26.7 Å². The molecular weight excluding hydrogens is 497 g/mol. The molecule has 0 aliphatic heterocycles. The number of anilines is 1. The van der Waals surface area contributed by atoms with E-state index in [1.807, 2.05) is 0 Å². The van der Waals surface area contributed by atoms with Crippen molar-refractivity contribution >= 4 is 42.8 Å². The monoisotopic (exact) mass is 521 g/mol. The van der Waals surface area contributed by atoms with Crippen molar-refractivity contribution in [1.29, 1.82) is 0 Å². The Morgan fingerprint density at radius 1 is 1.08 bits per heavy atom. The van der Waals surface area contributed by atoms with E-state index in [9.17, 15) is 23.8 Å². The Kier molecular flexibility index (Phi) is 8.78. The molecule has 1 amide bonds.